The molecular weight excluding hydrogens is 370 g/mol. The van der Waals surface area contributed by atoms with Crippen molar-refractivity contribution in [2.75, 3.05) is 13.2 Å². The second-order valence-corrected chi connectivity index (χ2v) is 7.90. The summed E-state index contributed by atoms with van der Waals surface area (Å²) in [4.78, 5) is 25.3. The van der Waals surface area contributed by atoms with Gasteiger partial charge in [0, 0.05) is 31.2 Å². The quantitative estimate of drug-likeness (QED) is 0.574. The van der Waals surface area contributed by atoms with Crippen molar-refractivity contribution in [1.29, 1.82) is 0 Å². The van der Waals surface area contributed by atoms with Gasteiger partial charge in [-0.15, -0.1) is 0 Å². The van der Waals surface area contributed by atoms with Gasteiger partial charge in [-0.25, -0.2) is 19.2 Å². The Labute approximate surface area is 165 Å². The fourth-order valence-electron chi connectivity index (χ4n) is 4.53. The van der Waals surface area contributed by atoms with Gasteiger partial charge in [0.25, 0.3) is 5.56 Å². The second kappa shape index (κ2) is 6.48. The zero-order valence-corrected chi connectivity index (χ0v) is 15.9. The highest BCUT2D eigenvalue weighted by molar-refractivity contribution is 5.73. The minimum atomic E-state index is -0.120. The summed E-state index contributed by atoms with van der Waals surface area (Å²) in [6.07, 6.45) is 9.14. The largest absolute Gasteiger partial charge is 0.381 e. The molecule has 1 N–H and O–H groups in total. The molecule has 2 atom stereocenters. The van der Waals surface area contributed by atoms with Gasteiger partial charge in [-0.3, -0.25) is 4.79 Å². The Morgan fingerprint density at radius 2 is 1.93 bits per heavy atom. The summed E-state index contributed by atoms with van der Waals surface area (Å²) < 4.78 is 9.18. The average Bonchev–Trinajstić information content (AvgIpc) is 3.32. The number of aromatic amines is 1. The molecule has 2 fully saturated rings. The van der Waals surface area contributed by atoms with Crippen LogP contribution in [-0.4, -0.2) is 47.6 Å². The molecule has 0 bridgehead atoms. The Morgan fingerprint density at radius 3 is 2.72 bits per heavy atom. The predicted molar refractivity (Wildman–Crippen MR) is 105 cm³/mol. The molecule has 1 saturated carbocycles. The summed E-state index contributed by atoms with van der Waals surface area (Å²) in [7, 11) is 0. The van der Waals surface area contributed by atoms with Gasteiger partial charge in [0.05, 0.1) is 24.1 Å². The molecule has 2 aliphatic rings. The third kappa shape index (κ3) is 2.68. The lowest BCUT2D eigenvalue weighted by Gasteiger charge is -2.34. The van der Waals surface area contributed by atoms with Crippen LogP contribution in [0.3, 0.4) is 0 Å². The third-order valence-corrected chi connectivity index (χ3v) is 6.28. The Morgan fingerprint density at radius 1 is 1.07 bits per heavy atom. The molecule has 29 heavy (non-hydrogen) atoms. The smallest absolute Gasteiger partial charge is 0.262 e. The molecule has 148 valence electrons. The summed E-state index contributed by atoms with van der Waals surface area (Å²) in [5.41, 5.74) is 2.40. The van der Waals surface area contributed by atoms with Gasteiger partial charge in [-0.2, -0.15) is 10.2 Å². The maximum absolute atomic E-state index is 12.7. The number of nitrogens with one attached hydrogen (secondary N) is 1. The number of ether oxygens (including phenoxy) is 1. The van der Waals surface area contributed by atoms with Crippen molar-refractivity contribution in [2.45, 2.75) is 43.6 Å². The van der Waals surface area contributed by atoms with Gasteiger partial charge in [0.1, 0.15) is 11.2 Å². The van der Waals surface area contributed by atoms with Crippen LogP contribution in [0, 0.1) is 0 Å². The Hall–Kier alpha value is -3.07. The zero-order valence-electron chi connectivity index (χ0n) is 15.9. The molecule has 5 heterocycles. The molecule has 0 unspecified atom stereocenters. The lowest BCUT2D eigenvalue weighted by molar-refractivity contribution is 0.0673. The molecule has 1 saturated heterocycles. The van der Waals surface area contributed by atoms with E-state index in [1.807, 2.05) is 23.0 Å². The Bertz CT molecular complexity index is 1220. The first kappa shape index (κ1) is 16.8. The highest BCUT2D eigenvalue weighted by atomic mass is 16.5. The molecule has 1 aliphatic heterocycles. The highest BCUT2D eigenvalue weighted by Crippen LogP contribution is 2.47. The van der Waals surface area contributed by atoms with Crippen molar-refractivity contribution < 1.29 is 4.74 Å². The van der Waals surface area contributed by atoms with Crippen molar-refractivity contribution in [3.8, 4) is 0 Å². The van der Waals surface area contributed by atoms with Crippen LogP contribution in [0.25, 0.3) is 16.7 Å². The molecule has 4 aromatic rings. The van der Waals surface area contributed by atoms with Crippen LogP contribution >= 0.6 is 0 Å². The second-order valence-electron chi connectivity index (χ2n) is 7.90. The monoisotopic (exact) mass is 391 g/mol. The first-order chi connectivity index (χ1) is 14.3. The molecular formula is C20H21N7O2. The number of aromatic nitrogens is 7. The molecule has 0 radical (unpaired) electrons. The molecule has 6 rings (SSSR count). The summed E-state index contributed by atoms with van der Waals surface area (Å²) in [6.45, 7) is 1.43. The van der Waals surface area contributed by atoms with Crippen LogP contribution in [-0.2, 0) is 4.74 Å². The molecule has 9 heteroatoms. The van der Waals surface area contributed by atoms with Crippen LogP contribution in [0.5, 0.6) is 0 Å². The maximum atomic E-state index is 12.7. The fraction of sp³-hybridized carbons (Fsp3) is 0.450. The van der Waals surface area contributed by atoms with Gasteiger partial charge in [-0.1, -0.05) is 0 Å². The van der Waals surface area contributed by atoms with Gasteiger partial charge < -0.3 is 9.72 Å². The lowest BCUT2D eigenvalue weighted by Crippen LogP contribution is -2.27. The summed E-state index contributed by atoms with van der Waals surface area (Å²) in [5.74, 6) is 1.12. The Kier molecular flexibility index (Phi) is 3.77. The topological polar surface area (TPSA) is 103 Å². The van der Waals surface area contributed by atoms with E-state index in [0.29, 0.717) is 24.2 Å². The SMILES string of the molecule is O=c1[nH]c([C@@H]2CC[C@H]2c2cn3ncccc3n2)nc2c1cnn2C1CCOCC1. The summed E-state index contributed by atoms with van der Waals surface area (Å²) >= 11 is 0. The van der Waals surface area contributed by atoms with E-state index in [9.17, 15) is 4.79 Å². The van der Waals surface area contributed by atoms with E-state index >= 15 is 0 Å². The van der Waals surface area contributed by atoms with E-state index < -0.39 is 0 Å². The van der Waals surface area contributed by atoms with E-state index in [-0.39, 0.29) is 23.4 Å². The Balaban J connectivity index is 1.38. The summed E-state index contributed by atoms with van der Waals surface area (Å²) in [5, 5.41) is 9.34. The third-order valence-electron chi connectivity index (χ3n) is 6.28. The van der Waals surface area contributed by atoms with Crippen LogP contribution in [0.4, 0.5) is 0 Å². The first-order valence-corrected chi connectivity index (χ1v) is 10.1. The number of hydrogen-bond donors (Lipinski definition) is 1. The lowest BCUT2D eigenvalue weighted by atomic mass is 9.71. The average molecular weight is 391 g/mol. The predicted octanol–water partition coefficient (Wildman–Crippen LogP) is 2.17. The van der Waals surface area contributed by atoms with Crippen LogP contribution in [0.1, 0.15) is 55.1 Å². The first-order valence-electron chi connectivity index (χ1n) is 10.1. The standard InChI is InChI=1S/C20H21N7O2/c28-20-15-10-22-27(12-5-8-29-9-6-12)19(15)24-18(25-20)14-4-3-13(14)16-11-26-17(23-16)2-1-7-21-26/h1-2,7,10-14H,3-6,8-9H2,(H,24,25,28)/t13-,14-/m1/s1. The number of imidazole rings is 1. The van der Waals surface area contributed by atoms with E-state index in [1.165, 1.54) is 0 Å². The van der Waals surface area contributed by atoms with Gasteiger partial charge in [0.15, 0.2) is 11.3 Å². The molecule has 0 spiro atoms. The van der Waals surface area contributed by atoms with Gasteiger partial charge in [-0.05, 0) is 37.8 Å². The normalized spacial score (nSPS) is 22.9. The fourth-order valence-corrected chi connectivity index (χ4v) is 4.53. The van der Waals surface area contributed by atoms with Crippen LogP contribution < -0.4 is 5.56 Å². The number of hydrogen-bond acceptors (Lipinski definition) is 6. The van der Waals surface area contributed by atoms with E-state index in [2.05, 4.69) is 15.2 Å². The number of H-pyrrole nitrogens is 1. The summed E-state index contributed by atoms with van der Waals surface area (Å²) in [6, 6.07) is 4.06. The number of nitrogens with zero attached hydrogens (tertiary/aromatic N) is 6. The van der Waals surface area contributed by atoms with Crippen LogP contribution in [0.2, 0.25) is 0 Å². The van der Waals surface area contributed by atoms with Crippen molar-refractivity contribution in [3.05, 3.63) is 52.6 Å². The highest BCUT2D eigenvalue weighted by Gasteiger charge is 2.37. The molecule has 0 amide bonds. The van der Waals surface area contributed by atoms with Crippen molar-refractivity contribution >= 4 is 16.7 Å². The molecule has 9 nitrogen and oxygen atoms in total. The van der Waals surface area contributed by atoms with E-state index in [0.717, 1.165) is 42.8 Å². The zero-order chi connectivity index (χ0) is 19.4. The van der Waals surface area contributed by atoms with Crippen molar-refractivity contribution in [3.63, 3.8) is 0 Å². The van der Waals surface area contributed by atoms with E-state index in [4.69, 9.17) is 14.7 Å². The van der Waals surface area contributed by atoms with Gasteiger partial charge in [0.2, 0.25) is 0 Å². The van der Waals surface area contributed by atoms with E-state index in [1.54, 1.807) is 16.9 Å². The van der Waals surface area contributed by atoms with Crippen LogP contribution in [0.15, 0.2) is 35.5 Å². The minimum absolute atomic E-state index is 0.120. The number of fused-ring (bicyclic) bond motifs is 2. The molecule has 4 aromatic heterocycles. The molecule has 1 aliphatic carbocycles. The minimum Gasteiger partial charge on any atom is -0.381 e. The molecule has 0 aromatic carbocycles. The van der Waals surface area contributed by atoms with Crippen molar-refractivity contribution in [1.82, 2.24) is 34.3 Å². The van der Waals surface area contributed by atoms with Gasteiger partial charge >= 0.3 is 0 Å². The maximum Gasteiger partial charge on any atom is 0.262 e. The number of rotatable bonds is 3. The van der Waals surface area contributed by atoms with Crippen molar-refractivity contribution in [2.24, 2.45) is 0 Å².